The van der Waals surface area contributed by atoms with Gasteiger partial charge in [-0.15, -0.1) is 0 Å². The Balaban J connectivity index is 1.39. The standard InChI is InChI=1S/C27H23NO/c28-27(23-11-5-2-6-12-23)24-17-15-21(16-18-24)19-20-29-26-14-8-7-13-25(26)22-9-3-1-4-10-22/h1-18,28H,19-20H2. The molecule has 0 saturated carbocycles. The van der Waals surface area contributed by atoms with Gasteiger partial charge in [0.25, 0.3) is 0 Å². The quantitative estimate of drug-likeness (QED) is 0.372. The van der Waals surface area contributed by atoms with Crippen molar-refractivity contribution in [2.45, 2.75) is 6.42 Å². The smallest absolute Gasteiger partial charge is 0.127 e. The van der Waals surface area contributed by atoms with Crippen molar-refractivity contribution in [2.75, 3.05) is 6.61 Å². The molecule has 0 spiro atoms. The van der Waals surface area contributed by atoms with E-state index in [9.17, 15) is 0 Å². The second-order valence-corrected chi connectivity index (χ2v) is 6.90. The fourth-order valence-electron chi connectivity index (χ4n) is 3.34. The first kappa shape index (κ1) is 18.7. The Kier molecular flexibility index (Phi) is 5.82. The van der Waals surface area contributed by atoms with Crippen LogP contribution < -0.4 is 4.74 Å². The van der Waals surface area contributed by atoms with Crippen LogP contribution in [0.5, 0.6) is 5.75 Å². The molecule has 0 aliphatic rings. The Morgan fingerprint density at radius 2 is 1.21 bits per heavy atom. The molecule has 0 bridgehead atoms. The molecule has 0 amide bonds. The van der Waals surface area contributed by atoms with Crippen molar-refractivity contribution in [3.05, 3.63) is 126 Å². The van der Waals surface area contributed by atoms with Crippen molar-refractivity contribution in [1.29, 1.82) is 5.41 Å². The Hall–Kier alpha value is -3.65. The molecular formula is C27H23NO. The molecule has 2 nitrogen and oxygen atoms in total. The lowest BCUT2D eigenvalue weighted by molar-refractivity contribution is 0.323. The third kappa shape index (κ3) is 4.61. The van der Waals surface area contributed by atoms with Gasteiger partial charge < -0.3 is 4.74 Å². The highest BCUT2D eigenvalue weighted by Crippen LogP contribution is 2.29. The minimum atomic E-state index is 0.546. The number of benzene rings is 4. The van der Waals surface area contributed by atoms with Crippen molar-refractivity contribution in [3.63, 3.8) is 0 Å². The Morgan fingerprint density at radius 1 is 0.621 bits per heavy atom. The van der Waals surface area contributed by atoms with E-state index in [1.807, 2.05) is 78.9 Å². The average molecular weight is 377 g/mol. The zero-order valence-electron chi connectivity index (χ0n) is 16.2. The number of hydrogen-bond donors (Lipinski definition) is 1. The van der Waals surface area contributed by atoms with E-state index in [0.717, 1.165) is 34.4 Å². The van der Waals surface area contributed by atoms with Gasteiger partial charge in [-0.1, -0.05) is 103 Å². The van der Waals surface area contributed by atoms with E-state index < -0.39 is 0 Å². The lowest BCUT2D eigenvalue weighted by Crippen LogP contribution is -2.04. The predicted octanol–water partition coefficient (Wildman–Crippen LogP) is 6.39. The van der Waals surface area contributed by atoms with E-state index in [4.69, 9.17) is 10.1 Å². The van der Waals surface area contributed by atoms with Crippen LogP contribution in [-0.2, 0) is 6.42 Å². The third-order valence-electron chi connectivity index (χ3n) is 4.93. The van der Waals surface area contributed by atoms with Crippen LogP contribution in [0, 0.1) is 5.41 Å². The second-order valence-electron chi connectivity index (χ2n) is 6.90. The maximum Gasteiger partial charge on any atom is 0.127 e. The molecule has 4 aromatic carbocycles. The van der Waals surface area contributed by atoms with E-state index in [-0.39, 0.29) is 0 Å². The molecule has 4 aromatic rings. The Bertz CT molecular complexity index is 1070. The Labute approximate surface area is 171 Å². The molecule has 0 atom stereocenters. The van der Waals surface area contributed by atoms with Crippen LogP contribution in [0.4, 0.5) is 0 Å². The van der Waals surface area contributed by atoms with E-state index >= 15 is 0 Å². The normalized spacial score (nSPS) is 10.5. The first-order valence-electron chi connectivity index (χ1n) is 9.82. The number of para-hydroxylation sites is 1. The third-order valence-corrected chi connectivity index (χ3v) is 4.93. The van der Waals surface area contributed by atoms with Gasteiger partial charge in [0.05, 0.1) is 12.3 Å². The summed E-state index contributed by atoms with van der Waals surface area (Å²) in [6.45, 7) is 0.610. The first-order chi connectivity index (χ1) is 14.3. The van der Waals surface area contributed by atoms with Crippen LogP contribution in [0.15, 0.2) is 109 Å². The van der Waals surface area contributed by atoms with Gasteiger partial charge in [-0.25, -0.2) is 0 Å². The lowest BCUT2D eigenvalue weighted by Gasteiger charge is -2.12. The molecule has 0 aliphatic carbocycles. The summed E-state index contributed by atoms with van der Waals surface area (Å²) in [5.74, 6) is 0.904. The first-order valence-corrected chi connectivity index (χ1v) is 9.82. The van der Waals surface area contributed by atoms with Crippen LogP contribution >= 0.6 is 0 Å². The van der Waals surface area contributed by atoms with Crippen LogP contribution in [0.1, 0.15) is 16.7 Å². The predicted molar refractivity (Wildman–Crippen MR) is 120 cm³/mol. The van der Waals surface area contributed by atoms with Crippen LogP contribution in [0.3, 0.4) is 0 Å². The molecule has 0 fully saturated rings. The van der Waals surface area contributed by atoms with Gasteiger partial charge >= 0.3 is 0 Å². The second kappa shape index (κ2) is 9.03. The summed E-state index contributed by atoms with van der Waals surface area (Å²) in [4.78, 5) is 0. The molecular weight excluding hydrogens is 354 g/mol. The van der Waals surface area contributed by atoms with Gasteiger partial charge in [0.2, 0.25) is 0 Å². The Morgan fingerprint density at radius 3 is 1.93 bits per heavy atom. The number of ether oxygens (including phenoxy) is 1. The molecule has 4 rings (SSSR count). The van der Waals surface area contributed by atoms with Gasteiger partial charge in [-0.3, -0.25) is 5.41 Å². The van der Waals surface area contributed by atoms with Crippen molar-refractivity contribution in [2.24, 2.45) is 0 Å². The number of nitrogens with one attached hydrogen (secondary N) is 1. The molecule has 0 unspecified atom stereocenters. The molecule has 1 N–H and O–H groups in total. The zero-order chi connectivity index (χ0) is 19.9. The fraction of sp³-hybridized carbons (Fsp3) is 0.0741. The summed E-state index contributed by atoms with van der Waals surface area (Å²) < 4.78 is 6.10. The SMILES string of the molecule is N=C(c1ccccc1)c1ccc(CCOc2ccccc2-c2ccccc2)cc1. The molecule has 0 saturated heterocycles. The van der Waals surface area contributed by atoms with Crippen molar-refractivity contribution < 1.29 is 4.74 Å². The molecule has 0 heterocycles. The van der Waals surface area contributed by atoms with Gasteiger partial charge in [-0.05, 0) is 22.8 Å². The van der Waals surface area contributed by atoms with E-state index in [1.54, 1.807) is 0 Å². The molecule has 0 aromatic heterocycles. The molecule has 0 radical (unpaired) electrons. The average Bonchev–Trinajstić information content (AvgIpc) is 2.80. The van der Waals surface area contributed by atoms with Crippen LogP contribution in [-0.4, -0.2) is 12.3 Å². The lowest BCUT2D eigenvalue weighted by atomic mass is 10.0. The highest BCUT2D eigenvalue weighted by molar-refractivity contribution is 6.10. The highest BCUT2D eigenvalue weighted by atomic mass is 16.5. The minimum Gasteiger partial charge on any atom is -0.493 e. The molecule has 2 heteroatoms. The van der Waals surface area contributed by atoms with Gasteiger partial charge in [0, 0.05) is 17.5 Å². The monoisotopic (exact) mass is 377 g/mol. The number of rotatable bonds is 7. The summed E-state index contributed by atoms with van der Waals surface area (Å²) in [5.41, 5.74) is 5.88. The van der Waals surface area contributed by atoms with Gasteiger partial charge in [-0.2, -0.15) is 0 Å². The van der Waals surface area contributed by atoms with Crippen LogP contribution in [0.25, 0.3) is 11.1 Å². The highest BCUT2D eigenvalue weighted by Gasteiger charge is 2.07. The molecule has 0 aliphatic heterocycles. The van der Waals surface area contributed by atoms with E-state index in [0.29, 0.717) is 12.3 Å². The van der Waals surface area contributed by atoms with Gasteiger partial charge in [0.1, 0.15) is 5.75 Å². The minimum absolute atomic E-state index is 0.546. The van der Waals surface area contributed by atoms with E-state index in [2.05, 4.69) is 30.3 Å². The summed E-state index contributed by atoms with van der Waals surface area (Å²) >= 11 is 0. The summed E-state index contributed by atoms with van der Waals surface area (Å²) in [5, 5.41) is 8.37. The van der Waals surface area contributed by atoms with Crippen molar-refractivity contribution in [1.82, 2.24) is 0 Å². The van der Waals surface area contributed by atoms with Crippen LogP contribution in [0.2, 0.25) is 0 Å². The topological polar surface area (TPSA) is 33.1 Å². The van der Waals surface area contributed by atoms with Gasteiger partial charge in [0.15, 0.2) is 0 Å². The van der Waals surface area contributed by atoms with E-state index in [1.165, 1.54) is 5.56 Å². The maximum atomic E-state index is 8.37. The van der Waals surface area contributed by atoms with Crippen molar-refractivity contribution >= 4 is 5.71 Å². The summed E-state index contributed by atoms with van der Waals surface area (Å²) in [7, 11) is 0. The molecule has 142 valence electrons. The summed E-state index contributed by atoms with van der Waals surface area (Å²) in [6.07, 6.45) is 0.822. The maximum absolute atomic E-state index is 8.37. The summed E-state index contributed by atoms with van der Waals surface area (Å²) in [6, 6.07) is 36.5. The largest absolute Gasteiger partial charge is 0.493 e. The molecule has 29 heavy (non-hydrogen) atoms. The fourth-order valence-corrected chi connectivity index (χ4v) is 3.34. The number of hydrogen-bond acceptors (Lipinski definition) is 2. The zero-order valence-corrected chi connectivity index (χ0v) is 16.2. The van der Waals surface area contributed by atoms with Crippen molar-refractivity contribution in [3.8, 4) is 16.9 Å².